The van der Waals surface area contributed by atoms with Gasteiger partial charge in [-0.25, -0.2) is 9.97 Å². The predicted molar refractivity (Wildman–Crippen MR) is 114 cm³/mol. The third-order valence-corrected chi connectivity index (χ3v) is 7.21. The molecule has 6 heteroatoms. The first-order valence-electron chi connectivity index (χ1n) is 9.40. The number of para-hydroxylation sites is 1. The van der Waals surface area contributed by atoms with E-state index < -0.39 is 0 Å². The number of amides is 1. The zero-order valence-corrected chi connectivity index (χ0v) is 17.3. The molecule has 2 aromatic heterocycles. The number of carbonyl (C=O) groups excluding carboxylic acids is 1. The van der Waals surface area contributed by atoms with Crippen LogP contribution in [0.3, 0.4) is 0 Å². The van der Waals surface area contributed by atoms with Crippen LogP contribution in [-0.2, 0) is 17.6 Å². The third-order valence-electron chi connectivity index (χ3n) is 5.07. The van der Waals surface area contributed by atoms with E-state index in [4.69, 9.17) is 0 Å². The molecule has 0 aliphatic heterocycles. The summed E-state index contributed by atoms with van der Waals surface area (Å²) in [6, 6.07) is 9.85. The van der Waals surface area contributed by atoms with E-state index in [-0.39, 0.29) is 5.91 Å². The van der Waals surface area contributed by atoms with Gasteiger partial charge in [0.1, 0.15) is 16.2 Å². The minimum atomic E-state index is 0.109. The Bertz CT molecular complexity index is 955. The Labute approximate surface area is 168 Å². The number of carbonyl (C=O) groups is 1. The zero-order valence-electron chi connectivity index (χ0n) is 15.6. The van der Waals surface area contributed by atoms with Crippen molar-refractivity contribution in [2.75, 3.05) is 17.2 Å². The highest BCUT2D eigenvalue weighted by Gasteiger charge is 2.24. The number of thioether (sulfide) groups is 1. The molecule has 27 heavy (non-hydrogen) atoms. The van der Waals surface area contributed by atoms with Crippen LogP contribution in [-0.4, -0.2) is 28.2 Å². The maximum Gasteiger partial charge on any atom is 0.237 e. The third kappa shape index (κ3) is 3.73. The second-order valence-corrected chi connectivity index (χ2v) is 9.02. The van der Waals surface area contributed by atoms with Crippen LogP contribution in [0.2, 0.25) is 0 Å². The van der Waals surface area contributed by atoms with Crippen molar-refractivity contribution in [3.8, 4) is 0 Å². The summed E-state index contributed by atoms with van der Waals surface area (Å²) in [4.78, 5) is 26.2. The molecule has 0 radical (unpaired) electrons. The first kappa shape index (κ1) is 18.4. The summed E-state index contributed by atoms with van der Waals surface area (Å²) >= 11 is 3.34. The quantitative estimate of drug-likeness (QED) is 0.451. The lowest BCUT2D eigenvalue weighted by Crippen LogP contribution is -2.32. The van der Waals surface area contributed by atoms with Gasteiger partial charge in [-0.1, -0.05) is 36.9 Å². The summed E-state index contributed by atoms with van der Waals surface area (Å²) < 4.78 is 0. The first-order chi connectivity index (χ1) is 13.2. The van der Waals surface area contributed by atoms with Crippen molar-refractivity contribution in [1.82, 2.24) is 9.97 Å². The van der Waals surface area contributed by atoms with Crippen LogP contribution in [0.4, 0.5) is 5.69 Å². The SMILES string of the molecule is CCN(C(=O)CSc1ncnc2sc3c(c12)CCC(C)C3)c1ccccc1. The highest BCUT2D eigenvalue weighted by atomic mass is 32.2. The second-order valence-electron chi connectivity index (χ2n) is 6.97. The van der Waals surface area contributed by atoms with E-state index in [1.54, 1.807) is 17.7 Å². The van der Waals surface area contributed by atoms with Crippen molar-refractivity contribution in [2.24, 2.45) is 5.92 Å². The Morgan fingerprint density at radius 3 is 2.89 bits per heavy atom. The fraction of sp³-hybridized carbons (Fsp3) is 0.381. The van der Waals surface area contributed by atoms with E-state index in [2.05, 4.69) is 16.9 Å². The largest absolute Gasteiger partial charge is 0.312 e. The van der Waals surface area contributed by atoms with Crippen LogP contribution in [0.15, 0.2) is 41.7 Å². The van der Waals surface area contributed by atoms with Crippen LogP contribution >= 0.6 is 23.1 Å². The normalized spacial score (nSPS) is 16.3. The van der Waals surface area contributed by atoms with Crippen molar-refractivity contribution in [3.05, 3.63) is 47.1 Å². The minimum absolute atomic E-state index is 0.109. The number of anilines is 1. The molecule has 0 saturated carbocycles. The predicted octanol–water partition coefficient (Wildman–Crippen LogP) is 4.96. The van der Waals surface area contributed by atoms with E-state index >= 15 is 0 Å². The number of hydrogen-bond donors (Lipinski definition) is 0. The lowest BCUT2D eigenvalue weighted by Gasteiger charge is -2.21. The Morgan fingerprint density at radius 2 is 2.11 bits per heavy atom. The smallest absolute Gasteiger partial charge is 0.237 e. The Morgan fingerprint density at radius 1 is 1.30 bits per heavy atom. The number of nitrogens with zero attached hydrogens (tertiary/aromatic N) is 3. The van der Waals surface area contributed by atoms with Gasteiger partial charge in [0.15, 0.2) is 0 Å². The fourth-order valence-electron chi connectivity index (χ4n) is 3.67. The number of benzene rings is 1. The van der Waals surface area contributed by atoms with E-state index in [9.17, 15) is 4.79 Å². The molecule has 1 aliphatic rings. The van der Waals surface area contributed by atoms with E-state index in [0.717, 1.165) is 34.3 Å². The number of hydrogen-bond acceptors (Lipinski definition) is 5. The molecule has 1 aromatic carbocycles. The summed E-state index contributed by atoms with van der Waals surface area (Å²) in [6.45, 7) is 4.99. The molecule has 1 atom stereocenters. The lowest BCUT2D eigenvalue weighted by molar-refractivity contribution is -0.116. The van der Waals surface area contributed by atoms with E-state index in [0.29, 0.717) is 12.3 Å². The van der Waals surface area contributed by atoms with Gasteiger partial charge in [0.05, 0.1) is 5.75 Å². The molecule has 2 heterocycles. The van der Waals surface area contributed by atoms with Crippen molar-refractivity contribution < 1.29 is 4.79 Å². The molecular weight excluding hydrogens is 374 g/mol. The number of rotatable bonds is 5. The molecule has 1 aliphatic carbocycles. The zero-order chi connectivity index (χ0) is 18.8. The van der Waals surface area contributed by atoms with Crippen LogP contribution in [0.5, 0.6) is 0 Å². The minimum Gasteiger partial charge on any atom is -0.312 e. The van der Waals surface area contributed by atoms with Gasteiger partial charge >= 0.3 is 0 Å². The van der Waals surface area contributed by atoms with Gasteiger partial charge in [-0.05, 0) is 49.8 Å². The number of aryl methyl sites for hydroxylation is 1. The standard InChI is InChI=1S/C21H23N3OS2/c1-3-24(15-7-5-4-6-8-15)18(25)12-26-20-19-16-10-9-14(2)11-17(16)27-21(19)23-13-22-20/h4-8,13-14H,3,9-12H2,1-2H3. The first-order valence-corrected chi connectivity index (χ1v) is 11.2. The average molecular weight is 398 g/mol. The van der Waals surface area contributed by atoms with Gasteiger partial charge in [0.2, 0.25) is 5.91 Å². The van der Waals surface area contributed by atoms with Gasteiger partial charge in [0.25, 0.3) is 0 Å². The average Bonchev–Trinajstić information content (AvgIpc) is 3.05. The molecule has 0 fully saturated rings. The van der Waals surface area contributed by atoms with Crippen molar-refractivity contribution >= 4 is 44.9 Å². The van der Waals surface area contributed by atoms with Crippen molar-refractivity contribution in [1.29, 1.82) is 0 Å². The highest BCUT2D eigenvalue weighted by molar-refractivity contribution is 8.00. The molecule has 3 aromatic rings. The summed E-state index contributed by atoms with van der Waals surface area (Å²) in [5.74, 6) is 1.23. The van der Waals surface area contributed by atoms with Gasteiger partial charge in [-0.2, -0.15) is 0 Å². The van der Waals surface area contributed by atoms with Gasteiger partial charge < -0.3 is 4.90 Å². The van der Waals surface area contributed by atoms with Gasteiger partial charge in [0, 0.05) is 22.5 Å². The maximum absolute atomic E-state index is 12.8. The molecule has 0 spiro atoms. The van der Waals surface area contributed by atoms with Crippen LogP contribution in [0, 0.1) is 5.92 Å². The summed E-state index contributed by atoms with van der Waals surface area (Å²) in [5, 5.41) is 2.13. The van der Waals surface area contributed by atoms with Crippen molar-refractivity contribution in [3.63, 3.8) is 0 Å². The topological polar surface area (TPSA) is 46.1 Å². The monoisotopic (exact) mass is 397 g/mol. The number of fused-ring (bicyclic) bond motifs is 3. The molecular formula is C21H23N3OS2. The van der Waals surface area contributed by atoms with E-state index in [1.165, 1.54) is 34.0 Å². The second kappa shape index (κ2) is 7.98. The number of thiophene rings is 1. The molecule has 0 saturated heterocycles. The Balaban J connectivity index is 1.56. The van der Waals surface area contributed by atoms with Gasteiger partial charge in [-0.3, -0.25) is 4.79 Å². The molecule has 0 bridgehead atoms. The molecule has 140 valence electrons. The van der Waals surface area contributed by atoms with Crippen molar-refractivity contribution in [2.45, 2.75) is 38.1 Å². The van der Waals surface area contributed by atoms with Gasteiger partial charge in [-0.15, -0.1) is 11.3 Å². The molecule has 1 unspecified atom stereocenters. The molecule has 0 N–H and O–H groups in total. The fourth-order valence-corrected chi connectivity index (χ4v) is 5.99. The van der Waals surface area contributed by atoms with Crippen LogP contribution in [0.25, 0.3) is 10.2 Å². The van der Waals surface area contributed by atoms with Crippen LogP contribution in [0.1, 0.15) is 30.7 Å². The number of aromatic nitrogens is 2. The molecule has 1 amide bonds. The van der Waals surface area contributed by atoms with Crippen LogP contribution < -0.4 is 4.90 Å². The summed E-state index contributed by atoms with van der Waals surface area (Å²) in [5.41, 5.74) is 2.36. The van der Waals surface area contributed by atoms with E-state index in [1.807, 2.05) is 42.2 Å². The summed E-state index contributed by atoms with van der Waals surface area (Å²) in [7, 11) is 0. The Hall–Kier alpha value is -1.92. The Kier molecular flexibility index (Phi) is 5.45. The maximum atomic E-state index is 12.8. The highest BCUT2D eigenvalue weighted by Crippen LogP contribution is 2.40. The molecule has 4 nitrogen and oxygen atoms in total. The summed E-state index contributed by atoms with van der Waals surface area (Å²) in [6.07, 6.45) is 5.08. The lowest BCUT2D eigenvalue weighted by atomic mass is 9.89. The molecule has 4 rings (SSSR count).